The summed E-state index contributed by atoms with van der Waals surface area (Å²) in [5.41, 5.74) is 7.43. The molecule has 2 unspecified atom stereocenters. The van der Waals surface area contributed by atoms with Gasteiger partial charge in [0, 0.05) is 13.1 Å². The van der Waals surface area contributed by atoms with Crippen molar-refractivity contribution in [3.63, 3.8) is 0 Å². The molecule has 3 N–H and O–H groups in total. The number of hydrogen-bond donors (Lipinski definition) is 2. The molecule has 0 aromatic carbocycles. The normalized spacial score (nSPS) is 21.6. The Labute approximate surface area is 123 Å². The molecule has 1 fully saturated rings. The Morgan fingerprint density at radius 2 is 2.19 bits per heavy atom. The van der Waals surface area contributed by atoms with E-state index in [0.717, 1.165) is 18.5 Å². The van der Waals surface area contributed by atoms with E-state index in [1.165, 1.54) is 7.11 Å². The van der Waals surface area contributed by atoms with Crippen LogP contribution in [0.15, 0.2) is 0 Å². The first kappa shape index (κ1) is 15.3. The van der Waals surface area contributed by atoms with Crippen LogP contribution in [-0.4, -0.2) is 47.2 Å². The average Bonchev–Trinajstić information content (AvgIpc) is 3.02. The summed E-state index contributed by atoms with van der Waals surface area (Å²) in [6.07, 6.45) is 1.68. The maximum Gasteiger partial charge on any atom is 0.310 e. The van der Waals surface area contributed by atoms with Crippen LogP contribution in [-0.2, 0) is 16.0 Å². The van der Waals surface area contributed by atoms with Gasteiger partial charge < -0.3 is 15.4 Å². The van der Waals surface area contributed by atoms with Crippen LogP contribution in [0.5, 0.6) is 0 Å². The number of anilines is 1. The van der Waals surface area contributed by atoms with Gasteiger partial charge in [-0.1, -0.05) is 20.3 Å². The van der Waals surface area contributed by atoms with Gasteiger partial charge in [0.15, 0.2) is 5.69 Å². The monoisotopic (exact) mass is 294 g/mol. The summed E-state index contributed by atoms with van der Waals surface area (Å²) in [4.78, 5) is 25.8. The first-order chi connectivity index (χ1) is 9.99. The second-order valence-corrected chi connectivity index (χ2v) is 5.53. The van der Waals surface area contributed by atoms with Gasteiger partial charge in [-0.15, -0.1) is 0 Å². The smallest absolute Gasteiger partial charge is 0.310 e. The molecule has 2 atom stereocenters. The van der Waals surface area contributed by atoms with Crippen molar-refractivity contribution in [2.75, 3.05) is 25.9 Å². The Morgan fingerprint density at radius 1 is 1.48 bits per heavy atom. The molecule has 1 aromatic heterocycles. The van der Waals surface area contributed by atoms with Crippen LogP contribution < -0.4 is 5.73 Å². The first-order valence-electron chi connectivity index (χ1n) is 7.19. The zero-order chi connectivity index (χ0) is 15.6. The lowest BCUT2D eigenvalue weighted by Crippen LogP contribution is -2.31. The number of hydrogen-bond acceptors (Lipinski definition) is 5. The van der Waals surface area contributed by atoms with E-state index in [9.17, 15) is 9.59 Å². The van der Waals surface area contributed by atoms with Gasteiger partial charge in [0.2, 0.25) is 0 Å². The van der Waals surface area contributed by atoms with Gasteiger partial charge in [0.1, 0.15) is 0 Å². The number of aromatic nitrogens is 2. The SMILES string of the molecule is CCCc1[nH]nc(C(=O)N2CC(C)C(C(=O)OC)C2)c1N. The van der Waals surface area contributed by atoms with E-state index in [0.29, 0.717) is 18.8 Å². The Morgan fingerprint density at radius 3 is 2.81 bits per heavy atom. The maximum atomic E-state index is 12.5. The highest BCUT2D eigenvalue weighted by molar-refractivity contribution is 5.98. The molecule has 2 rings (SSSR count). The fourth-order valence-electron chi connectivity index (χ4n) is 2.73. The van der Waals surface area contributed by atoms with Gasteiger partial charge >= 0.3 is 5.97 Å². The van der Waals surface area contributed by atoms with Crippen LogP contribution in [0.25, 0.3) is 0 Å². The zero-order valence-electron chi connectivity index (χ0n) is 12.7. The highest BCUT2D eigenvalue weighted by atomic mass is 16.5. The average molecular weight is 294 g/mol. The molecule has 1 aliphatic heterocycles. The molecule has 0 spiro atoms. The minimum atomic E-state index is -0.283. The van der Waals surface area contributed by atoms with Crippen LogP contribution in [0.4, 0.5) is 5.69 Å². The van der Waals surface area contributed by atoms with Crippen molar-refractivity contribution in [1.29, 1.82) is 0 Å². The summed E-state index contributed by atoms with van der Waals surface area (Å²) in [5.74, 6) is -0.727. The van der Waals surface area contributed by atoms with Gasteiger partial charge in [-0.3, -0.25) is 14.7 Å². The summed E-state index contributed by atoms with van der Waals surface area (Å²) in [6.45, 7) is 4.83. The molecule has 2 heterocycles. The number of carbonyl (C=O) groups excluding carboxylic acids is 2. The van der Waals surface area contributed by atoms with E-state index in [1.807, 2.05) is 13.8 Å². The molecule has 0 aliphatic carbocycles. The van der Waals surface area contributed by atoms with Crippen molar-refractivity contribution in [1.82, 2.24) is 15.1 Å². The molecule has 116 valence electrons. The number of H-pyrrole nitrogens is 1. The van der Waals surface area contributed by atoms with Gasteiger partial charge in [0.25, 0.3) is 5.91 Å². The van der Waals surface area contributed by atoms with Crippen LogP contribution in [0, 0.1) is 11.8 Å². The number of ether oxygens (including phenoxy) is 1. The molecule has 1 aromatic rings. The lowest BCUT2D eigenvalue weighted by molar-refractivity contribution is -0.146. The topological polar surface area (TPSA) is 101 Å². The van der Waals surface area contributed by atoms with Gasteiger partial charge in [-0.05, 0) is 12.3 Å². The third kappa shape index (κ3) is 2.86. The number of aromatic amines is 1. The summed E-state index contributed by atoms with van der Waals surface area (Å²) in [6, 6.07) is 0. The molecule has 1 saturated heterocycles. The van der Waals surface area contributed by atoms with Crippen LogP contribution >= 0.6 is 0 Å². The van der Waals surface area contributed by atoms with Crippen molar-refractivity contribution in [2.45, 2.75) is 26.7 Å². The van der Waals surface area contributed by atoms with E-state index in [4.69, 9.17) is 10.5 Å². The Hall–Kier alpha value is -2.05. The highest BCUT2D eigenvalue weighted by Gasteiger charge is 2.39. The standard InChI is InChI=1S/C14H22N4O3/c1-4-5-10-11(15)12(17-16-10)13(19)18-6-8(2)9(7-18)14(20)21-3/h8-9H,4-7,15H2,1-3H3,(H,16,17). The number of nitrogen functional groups attached to an aromatic ring is 1. The predicted octanol–water partition coefficient (Wildman–Crippen LogP) is 0.826. The summed E-state index contributed by atoms with van der Waals surface area (Å²) >= 11 is 0. The Balaban J connectivity index is 2.13. The highest BCUT2D eigenvalue weighted by Crippen LogP contribution is 2.27. The van der Waals surface area contributed by atoms with Crippen LogP contribution in [0.1, 0.15) is 36.5 Å². The van der Waals surface area contributed by atoms with Crippen molar-refractivity contribution in [3.05, 3.63) is 11.4 Å². The van der Waals surface area contributed by atoms with Gasteiger partial charge in [0.05, 0.1) is 24.4 Å². The van der Waals surface area contributed by atoms with Crippen molar-refractivity contribution >= 4 is 17.6 Å². The van der Waals surface area contributed by atoms with Crippen LogP contribution in [0.3, 0.4) is 0 Å². The van der Waals surface area contributed by atoms with Crippen molar-refractivity contribution < 1.29 is 14.3 Å². The molecular formula is C14H22N4O3. The number of nitrogens with two attached hydrogens (primary N) is 1. The molecule has 0 bridgehead atoms. The van der Waals surface area contributed by atoms with Crippen LogP contribution in [0.2, 0.25) is 0 Å². The summed E-state index contributed by atoms with van der Waals surface area (Å²) in [7, 11) is 1.36. The minimum absolute atomic E-state index is 0.0664. The fourth-order valence-corrected chi connectivity index (χ4v) is 2.73. The lowest BCUT2D eigenvalue weighted by Gasteiger charge is -2.14. The largest absolute Gasteiger partial charge is 0.469 e. The number of esters is 1. The molecular weight excluding hydrogens is 272 g/mol. The molecule has 7 heteroatoms. The number of nitrogens with one attached hydrogen (secondary N) is 1. The van der Waals surface area contributed by atoms with E-state index in [-0.39, 0.29) is 29.4 Å². The number of carbonyl (C=O) groups is 2. The number of nitrogens with zero attached hydrogens (tertiary/aromatic N) is 2. The number of likely N-dealkylation sites (tertiary alicyclic amines) is 1. The minimum Gasteiger partial charge on any atom is -0.469 e. The number of rotatable bonds is 4. The second-order valence-electron chi connectivity index (χ2n) is 5.53. The number of amides is 1. The fraction of sp³-hybridized carbons (Fsp3) is 0.643. The third-order valence-electron chi connectivity index (χ3n) is 3.99. The molecule has 1 amide bonds. The van der Waals surface area contributed by atoms with E-state index in [2.05, 4.69) is 10.2 Å². The van der Waals surface area contributed by atoms with Gasteiger partial charge in [-0.2, -0.15) is 5.10 Å². The van der Waals surface area contributed by atoms with E-state index in [1.54, 1.807) is 4.90 Å². The molecule has 7 nitrogen and oxygen atoms in total. The quantitative estimate of drug-likeness (QED) is 0.801. The molecule has 21 heavy (non-hydrogen) atoms. The third-order valence-corrected chi connectivity index (χ3v) is 3.99. The molecule has 0 saturated carbocycles. The Bertz CT molecular complexity index is 540. The van der Waals surface area contributed by atoms with Crippen molar-refractivity contribution in [3.8, 4) is 0 Å². The predicted molar refractivity (Wildman–Crippen MR) is 77.6 cm³/mol. The second kappa shape index (κ2) is 6.15. The first-order valence-corrected chi connectivity index (χ1v) is 7.19. The summed E-state index contributed by atoms with van der Waals surface area (Å²) < 4.78 is 4.77. The van der Waals surface area contributed by atoms with E-state index >= 15 is 0 Å². The number of aryl methyl sites for hydroxylation is 1. The van der Waals surface area contributed by atoms with Crippen molar-refractivity contribution in [2.24, 2.45) is 11.8 Å². The maximum absolute atomic E-state index is 12.5. The van der Waals surface area contributed by atoms with Gasteiger partial charge in [-0.25, -0.2) is 0 Å². The molecule has 0 radical (unpaired) electrons. The van der Waals surface area contributed by atoms with E-state index < -0.39 is 0 Å². The molecule has 1 aliphatic rings. The lowest BCUT2D eigenvalue weighted by atomic mass is 9.99. The Kier molecular flexibility index (Phi) is 4.50. The summed E-state index contributed by atoms with van der Waals surface area (Å²) in [5, 5.41) is 6.86. The number of methoxy groups -OCH3 is 1. The zero-order valence-corrected chi connectivity index (χ0v) is 12.7.